The van der Waals surface area contributed by atoms with Crippen molar-refractivity contribution in [3.05, 3.63) is 132 Å². The number of benzene rings is 4. The molecule has 9 rings (SSSR count). The first-order chi connectivity index (χ1) is 25.2. The largest absolute Gasteiger partial charge is 0.371 e. The maximum Gasteiger partial charge on any atom is 0.241 e. The fourth-order valence-corrected chi connectivity index (χ4v) is 7.40. The van der Waals surface area contributed by atoms with Crippen LogP contribution in [-0.2, 0) is 0 Å². The zero-order valence-corrected chi connectivity index (χ0v) is 28.7. The molecule has 4 aromatic carbocycles. The van der Waals surface area contributed by atoms with Gasteiger partial charge < -0.3 is 20.4 Å². The molecule has 0 saturated carbocycles. The second-order valence-corrected chi connectivity index (χ2v) is 13.5. The Labute approximate surface area is 299 Å². The van der Waals surface area contributed by atoms with Gasteiger partial charge in [0.2, 0.25) is 5.96 Å². The second kappa shape index (κ2) is 13.7. The lowest BCUT2D eigenvalue weighted by Crippen LogP contribution is -2.41. The molecule has 0 bridgehead atoms. The average molecular weight is 672 g/mol. The van der Waals surface area contributed by atoms with E-state index >= 15 is 0 Å². The van der Waals surface area contributed by atoms with Crippen LogP contribution in [0.15, 0.2) is 141 Å². The molecule has 0 spiro atoms. The molecule has 254 valence electrons. The van der Waals surface area contributed by atoms with Gasteiger partial charge in [-0.25, -0.2) is 14.9 Å². The summed E-state index contributed by atoms with van der Waals surface area (Å²) >= 11 is 0. The third-order valence-electron chi connectivity index (χ3n) is 10.0. The number of nitrogens with zero attached hydrogens (tertiary/aromatic N) is 7. The lowest BCUT2D eigenvalue weighted by molar-refractivity contribution is 0.578. The van der Waals surface area contributed by atoms with Crippen LogP contribution in [0, 0.1) is 0 Å². The Morgan fingerprint density at radius 3 is 1.59 bits per heavy atom. The minimum absolute atomic E-state index is 0.548. The number of nitrogens with one attached hydrogen (secondary N) is 2. The van der Waals surface area contributed by atoms with Crippen LogP contribution < -0.4 is 20.4 Å². The van der Waals surface area contributed by atoms with Gasteiger partial charge in [0, 0.05) is 60.1 Å². The Hall–Kier alpha value is -5.96. The first-order valence-electron chi connectivity index (χ1n) is 18.2. The summed E-state index contributed by atoms with van der Waals surface area (Å²) in [4.78, 5) is 27.3. The molecule has 0 unspecified atom stereocenters. The number of aliphatic imine (C=N–C) groups is 4. The monoisotopic (exact) mass is 671 g/mol. The van der Waals surface area contributed by atoms with Crippen LogP contribution in [0.2, 0.25) is 0 Å². The molecule has 5 aliphatic rings. The van der Waals surface area contributed by atoms with Crippen molar-refractivity contribution >= 4 is 57.6 Å². The molecular weight excluding hydrogens is 631 g/mol. The maximum atomic E-state index is 5.15. The zero-order valence-electron chi connectivity index (χ0n) is 28.7. The highest BCUT2D eigenvalue weighted by Crippen LogP contribution is 2.34. The van der Waals surface area contributed by atoms with Gasteiger partial charge in [-0.15, -0.1) is 0 Å². The van der Waals surface area contributed by atoms with E-state index in [9.17, 15) is 0 Å². The number of hydrogen-bond donors (Lipinski definition) is 2. The second-order valence-electron chi connectivity index (χ2n) is 13.5. The summed E-state index contributed by atoms with van der Waals surface area (Å²) in [6, 6.07) is 33.8. The van der Waals surface area contributed by atoms with Crippen molar-refractivity contribution in [2.45, 2.75) is 38.5 Å². The molecular formula is C42H41N9. The normalized spacial score (nSPS) is 18.2. The van der Waals surface area contributed by atoms with E-state index in [0.29, 0.717) is 17.6 Å². The van der Waals surface area contributed by atoms with Gasteiger partial charge in [0.1, 0.15) is 11.7 Å². The molecule has 0 radical (unpaired) electrons. The summed E-state index contributed by atoms with van der Waals surface area (Å²) in [5.74, 6) is 3.26. The van der Waals surface area contributed by atoms with Crippen molar-refractivity contribution in [1.82, 2.24) is 4.90 Å². The molecule has 0 amide bonds. The third kappa shape index (κ3) is 6.43. The molecule has 2 N–H and O–H groups in total. The summed E-state index contributed by atoms with van der Waals surface area (Å²) in [6.07, 6.45) is 13.4. The van der Waals surface area contributed by atoms with Crippen LogP contribution in [-0.4, -0.2) is 54.5 Å². The quantitative estimate of drug-likeness (QED) is 0.196. The fourth-order valence-electron chi connectivity index (χ4n) is 7.40. The molecule has 9 nitrogen and oxygen atoms in total. The van der Waals surface area contributed by atoms with E-state index in [1.54, 1.807) is 0 Å². The first-order valence-corrected chi connectivity index (χ1v) is 18.2. The zero-order chi connectivity index (χ0) is 34.0. The smallest absolute Gasteiger partial charge is 0.241 e. The number of para-hydroxylation sites is 2. The van der Waals surface area contributed by atoms with E-state index in [1.807, 2.05) is 59.5 Å². The highest BCUT2D eigenvalue weighted by molar-refractivity contribution is 6.26. The molecule has 5 heterocycles. The van der Waals surface area contributed by atoms with Crippen molar-refractivity contribution in [2.24, 2.45) is 20.0 Å². The number of amidine groups is 3. The molecule has 5 aliphatic heterocycles. The number of rotatable bonds is 8. The lowest BCUT2D eigenvalue weighted by Gasteiger charge is -2.32. The molecule has 2 saturated heterocycles. The number of hydrogen-bond acceptors (Lipinski definition) is 9. The lowest BCUT2D eigenvalue weighted by atomic mass is 10.1. The molecule has 9 heteroatoms. The highest BCUT2D eigenvalue weighted by atomic mass is 15.4. The fraction of sp³-hybridized carbons (Fsp3) is 0.238. The van der Waals surface area contributed by atoms with Gasteiger partial charge in [-0.1, -0.05) is 42.5 Å². The Morgan fingerprint density at radius 2 is 1.04 bits per heavy atom. The Kier molecular flexibility index (Phi) is 8.37. The summed E-state index contributed by atoms with van der Waals surface area (Å²) in [6.45, 7) is 4.28. The number of piperidine rings is 2. The van der Waals surface area contributed by atoms with Crippen LogP contribution in [0.4, 0.5) is 34.1 Å². The van der Waals surface area contributed by atoms with Gasteiger partial charge in [-0.05, 0) is 111 Å². The first kappa shape index (κ1) is 31.1. The molecule has 0 atom stereocenters. The van der Waals surface area contributed by atoms with Crippen molar-refractivity contribution in [3.8, 4) is 0 Å². The standard InChI is InChI=1S/C42H41N9/c1-5-14-30(15-6-1)43-36-28-32(49-24-9-3-10-25-49)20-22-34(36)40-45-38-18-13-19-39-46-41(48-42(47-40)51(38)39)35-23-21-33(50-26-11-4-12-27-50)29-37(35)44-31-16-7-2-8-17-31/h1-2,5-8,13-23,28-29,43-44H,3-4,9-12,24-27H2. The summed E-state index contributed by atoms with van der Waals surface area (Å²) < 4.78 is 0. The van der Waals surface area contributed by atoms with E-state index < -0.39 is 0 Å². The number of allylic oxidation sites excluding steroid dienone is 2. The summed E-state index contributed by atoms with van der Waals surface area (Å²) in [5.41, 5.74) is 8.20. The van der Waals surface area contributed by atoms with Crippen molar-refractivity contribution < 1.29 is 0 Å². The molecule has 0 aromatic heterocycles. The van der Waals surface area contributed by atoms with E-state index in [2.05, 4.69) is 81.1 Å². The van der Waals surface area contributed by atoms with Gasteiger partial charge in [0.15, 0.2) is 11.7 Å². The van der Waals surface area contributed by atoms with Crippen molar-refractivity contribution in [1.29, 1.82) is 0 Å². The average Bonchev–Trinajstić information content (AvgIpc) is 3.19. The Bertz CT molecular complexity index is 2010. The predicted octanol–water partition coefficient (Wildman–Crippen LogP) is 8.84. The summed E-state index contributed by atoms with van der Waals surface area (Å²) in [5, 5.41) is 7.36. The molecule has 0 aliphatic carbocycles. The minimum atomic E-state index is 0.548. The topological polar surface area (TPSA) is 83.2 Å². The van der Waals surface area contributed by atoms with Gasteiger partial charge in [0.05, 0.1) is 11.4 Å². The van der Waals surface area contributed by atoms with Gasteiger partial charge in [0.25, 0.3) is 0 Å². The number of anilines is 6. The SMILES string of the molecule is C1=CC2=NC(c3ccc(N4CCCCC4)cc3Nc3ccccc3)=NC3=NC(c4ccc(N5CCCCC5)cc4Nc4ccccc4)=NC(=C1)N23. The number of guanidine groups is 1. The van der Waals surface area contributed by atoms with Crippen LogP contribution in [0.1, 0.15) is 49.7 Å². The molecule has 4 aromatic rings. The van der Waals surface area contributed by atoms with Crippen molar-refractivity contribution in [2.75, 3.05) is 46.6 Å². The predicted molar refractivity (Wildman–Crippen MR) is 211 cm³/mol. The Morgan fingerprint density at radius 1 is 0.510 bits per heavy atom. The van der Waals surface area contributed by atoms with Gasteiger partial charge in [-0.2, -0.15) is 9.98 Å². The van der Waals surface area contributed by atoms with Crippen molar-refractivity contribution in [3.63, 3.8) is 0 Å². The minimum Gasteiger partial charge on any atom is -0.371 e. The third-order valence-corrected chi connectivity index (χ3v) is 10.0. The van der Waals surface area contributed by atoms with Crippen LogP contribution in [0.5, 0.6) is 0 Å². The van der Waals surface area contributed by atoms with Gasteiger partial charge >= 0.3 is 0 Å². The maximum absolute atomic E-state index is 5.15. The van der Waals surface area contributed by atoms with Gasteiger partial charge in [-0.3, -0.25) is 0 Å². The highest BCUT2D eigenvalue weighted by Gasteiger charge is 2.32. The Balaban J connectivity index is 1.12. The van der Waals surface area contributed by atoms with Crippen LogP contribution >= 0.6 is 0 Å². The van der Waals surface area contributed by atoms with E-state index in [0.717, 1.165) is 71.7 Å². The van der Waals surface area contributed by atoms with E-state index in [-0.39, 0.29) is 0 Å². The van der Waals surface area contributed by atoms with E-state index in [1.165, 1.54) is 49.9 Å². The summed E-state index contributed by atoms with van der Waals surface area (Å²) in [7, 11) is 0. The van der Waals surface area contributed by atoms with Crippen LogP contribution in [0.3, 0.4) is 0 Å². The molecule has 2 fully saturated rings. The van der Waals surface area contributed by atoms with Crippen LogP contribution in [0.25, 0.3) is 0 Å². The van der Waals surface area contributed by atoms with E-state index in [4.69, 9.17) is 20.0 Å². The molecule has 51 heavy (non-hydrogen) atoms.